The highest BCUT2D eigenvalue weighted by Gasteiger charge is 2.14. The molecule has 0 radical (unpaired) electrons. The van der Waals surface area contributed by atoms with Gasteiger partial charge in [-0.25, -0.2) is 0 Å². The highest BCUT2D eigenvalue weighted by molar-refractivity contribution is 9.11. The second kappa shape index (κ2) is 7.97. The predicted molar refractivity (Wildman–Crippen MR) is 123 cm³/mol. The molecule has 6 heteroatoms. The first kappa shape index (κ1) is 19.6. The van der Waals surface area contributed by atoms with Crippen LogP contribution in [0.1, 0.15) is 11.1 Å². The van der Waals surface area contributed by atoms with Gasteiger partial charge in [0, 0.05) is 11.1 Å². The molecule has 0 saturated carbocycles. The summed E-state index contributed by atoms with van der Waals surface area (Å²) in [6.07, 6.45) is 0. The van der Waals surface area contributed by atoms with E-state index < -0.39 is 5.97 Å². The van der Waals surface area contributed by atoms with E-state index >= 15 is 0 Å². The Labute approximate surface area is 183 Å². The second-order valence-electron chi connectivity index (χ2n) is 6.61. The van der Waals surface area contributed by atoms with Crippen molar-refractivity contribution in [2.75, 3.05) is 6.54 Å². The molecule has 0 unspecified atom stereocenters. The fourth-order valence-electron chi connectivity index (χ4n) is 3.29. The van der Waals surface area contributed by atoms with Crippen LogP contribution in [0.25, 0.3) is 21.5 Å². The minimum Gasteiger partial charge on any atom is -0.506 e. The number of phenols is 1. The number of carbonyl (C=O) groups is 1. The maximum absolute atomic E-state index is 11.1. The lowest BCUT2D eigenvalue weighted by molar-refractivity contribution is -0.135. The highest BCUT2D eigenvalue weighted by atomic mass is 79.9. The number of halogens is 2. The lowest BCUT2D eigenvalue weighted by atomic mass is 9.97. The lowest BCUT2D eigenvalue weighted by Crippen LogP contribution is -2.09. The number of aliphatic carboxylic acids is 1. The molecule has 0 fully saturated rings. The van der Waals surface area contributed by atoms with Gasteiger partial charge in [0.25, 0.3) is 0 Å². The van der Waals surface area contributed by atoms with Gasteiger partial charge in [-0.1, -0.05) is 36.4 Å². The summed E-state index contributed by atoms with van der Waals surface area (Å²) in [6.45, 7) is -0.346. The Kier molecular flexibility index (Phi) is 5.39. The molecule has 0 bridgehead atoms. The van der Waals surface area contributed by atoms with E-state index in [0.717, 1.165) is 21.7 Å². The predicted octanol–water partition coefficient (Wildman–Crippen LogP) is 6.15. The first-order valence-corrected chi connectivity index (χ1v) is 10.4. The average molecular weight is 513 g/mol. The van der Waals surface area contributed by atoms with Crippen LogP contribution in [0.2, 0.25) is 0 Å². The Morgan fingerprint density at radius 3 is 2.00 bits per heavy atom. The molecule has 4 aromatic rings. The van der Waals surface area contributed by atoms with Crippen LogP contribution in [0.3, 0.4) is 0 Å². The average Bonchev–Trinajstić information content (AvgIpc) is 2.70. The number of fused-ring (bicyclic) bond motifs is 2. The molecule has 4 rings (SSSR count). The molecular weight excluding hydrogens is 498 g/mol. The van der Waals surface area contributed by atoms with Crippen molar-refractivity contribution in [3.05, 3.63) is 86.8 Å². The largest absolute Gasteiger partial charge is 0.506 e. The van der Waals surface area contributed by atoms with Gasteiger partial charge in [0.1, 0.15) is 12.3 Å². The summed E-state index contributed by atoms with van der Waals surface area (Å²) in [7, 11) is 0. The monoisotopic (exact) mass is 511 g/mol. The van der Waals surface area contributed by atoms with Gasteiger partial charge in [-0.05, 0) is 83.7 Å². The number of benzene rings is 4. The van der Waals surface area contributed by atoms with Crippen molar-refractivity contribution < 1.29 is 15.0 Å². The number of phenolic OH excluding ortho intramolecular Hbond substituents is 1. The first-order chi connectivity index (χ1) is 13.9. The van der Waals surface area contributed by atoms with Gasteiger partial charge in [-0.2, -0.15) is 0 Å². The number of hydrogen-bond acceptors (Lipinski definition) is 3. The number of aromatic hydroxyl groups is 1. The minimum absolute atomic E-state index is 0.0799. The Morgan fingerprint density at radius 2 is 1.38 bits per heavy atom. The normalized spacial score (nSPS) is 11.9. The third kappa shape index (κ3) is 4.04. The fourth-order valence-corrected chi connectivity index (χ4v) is 4.47. The van der Waals surface area contributed by atoms with Gasteiger partial charge in [-0.3, -0.25) is 9.79 Å². The topological polar surface area (TPSA) is 69.9 Å². The number of rotatable bonds is 4. The Morgan fingerprint density at radius 1 is 0.793 bits per heavy atom. The van der Waals surface area contributed by atoms with Crippen molar-refractivity contribution in [1.82, 2.24) is 0 Å². The van der Waals surface area contributed by atoms with Gasteiger partial charge in [0.2, 0.25) is 0 Å². The second-order valence-corrected chi connectivity index (χ2v) is 8.32. The zero-order valence-corrected chi connectivity index (χ0v) is 18.2. The van der Waals surface area contributed by atoms with Crippen molar-refractivity contribution in [3.63, 3.8) is 0 Å². The molecule has 0 heterocycles. The van der Waals surface area contributed by atoms with E-state index in [1.165, 1.54) is 5.39 Å². The molecule has 2 N–H and O–H groups in total. The van der Waals surface area contributed by atoms with Crippen LogP contribution >= 0.6 is 31.9 Å². The number of hydrogen-bond donors (Lipinski definition) is 2. The molecule has 0 aliphatic heterocycles. The Bertz CT molecular complexity index is 1280. The summed E-state index contributed by atoms with van der Waals surface area (Å²) in [5, 5.41) is 23.6. The molecule has 0 spiro atoms. The summed E-state index contributed by atoms with van der Waals surface area (Å²) in [4.78, 5) is 15.5. The molecule has 0 aliphatic carbocycles. The van der Waals surface area contributed by atoms with Crippen molar-refractivity contribution >= 4 is 65.1 Å². The van der Waals surface area contributed by atoms with E-state index in [1.54, 1.807) is 12.1 Å². The van der Waals surface area contributed by atoms with E-state index in [-0.39, 0.29) is 12.3 Å². The number of carboxylic acid groups (broad SMARTS) is 1. The zero-order valence-electron chi connectivity index (χ0n) is 15.1. The summed E-state index contributed by atoms with van der Waals surface area (Å²) in [5.41, 5.74) is 2.05. The van der Waals surface area contributed by atoms with Crippen LogP contribution in [0.15, 0.2) is 80.7 Å². The molecule has 0 aromatic heterocycles. The van der Waals surface area contributed by atoms with Gasteiger partial charge in [0.05, 0.1) is 14.7 Å². The molecule has 0 aliphatic rings. The summed E-state index contributed by atoms with van der Waals surface area (Å²) >= 11 is 6.67. The van der Waals surface area contributed by atoms with Crippen LogP contribution in [0.5, 0.6) is 5.75 Å². The van der Waals surface area contributed by atoms with E-state index in [0.29, 0.717) is 20.2 Å². The summed E-state index contributed by atoms with van der Waals surface area (Å²) < 4.78 is 0.994. The van der Waals surface area contributed by atoms with Crippen molar-refractivity contribution in [3.8, 4) is 5.75 Å². The Hall–Kier alpha value is -2.70. The van der Waals surface area contributed by atoms with E-state index in [4.69, 9.17) is 5.11 Å². The molecule has 4 nitrogen and oxygen atoms in total. The molecular formula is C23H15Br2NO3. The summed E-state index contributed by atoms with van der Waals surface area (Å²) in [5.74, 6) is -0.928. The smallest absolute Gasteiger partial charge is 0.325 e. The third-order valence-corrected chi connectivity index (χ3v) is 5.85. The molecule has 4 aromatic carbocycles. The quantitative estimate of drug-likeness (QED) is 0.254. The van der Waals surface area contributed by atoms with Crippen molar-refractivity contribution in [2.24, 2.45) is 4.99 Å². The molecule has 0 saturated heterocycles. The van der Waals surface area contributed by atoms with Gasteiger partial charge < -0.3 is 10.2 Å². The van der Waals surface area contributed by atoms with Crippen LogP contribution in [0.4, 0.5) is 0 Å². The van der Waals surface area contributed by atoms with Crippen LogP contribution < -0.4 is 0 Å². The standard InChI is InChI=1S/C23H15Br2NO3/c24-19-10-18(11-20(25)23(19)29)22(26-12-21(27)28)16-6-5-15-7-13-3-1-2-4-14(13)8-17(15)9-16/h1-11,29H,12H2,(H,27,28). The molecule has 29 heavy (non-hydrogen) atoms. The number of nitrogens with zero attached hydrogens (tertiary/aromatic N) is 1. The maximum Gasteiger partial charge on any atom is 0.325 e. The fraction of sp³-hybridized carbons (Fsp3) is 0.0435. The van der Waals surface area contributed by atoms with Crippen molar-refractivity contribution in [2.45, 2.75) is 0 Å². The van der Waals surface area contributed by atoms with Crippen molar-refractivity contribution in [1.29, 1.82) is 0 Å². The highest BCUT2D eigenvalue weighted by Crippen LogP contribution is 2.34. The maximum atomic E-state index is 11.1. The molecule has 0 amide bonds. The molecule has 0 atom stereocenters. The van der Waals surface area contributed by atoms with Crippen LogP contribution in [-0.4, -0.2) is 28.4 Å². The van der Waals surface area contributed by atoms with Crippen LogP contribution in [0, 0.1) is 0 Å². The van der Waals surface area contributed by atoms with E-state index in [1.807, 2.05) is 30.3 Å². The first-order valence-electron chi connectivity index (χ1n) is 8.80. The van der Waals surface area contributed by atoms with Gasteiger partial charge >= 0.3 is 5.97 Å². The van der Waals surface area contributed by atoms with E-state index in [9.17, 15) is 9.90 Å². The zero-order chi connectivity index (χ0) is 20.5. The summed E-state index contributed by atoms with van der Waals surface area (Å²) in [6, 6.07) is 21.8. The molecule has 144 valence electrons. The lowest BCUT2D eigenvalue weighted by Gasteiger charge is -2.11. The third-order valence-electron chi connectivity index (χ3n) is 4.64. The minimum atomic E-state index is -1.01. The number of carboxylic acids is 1. The Balaban J connectivity index is 1.90. The van der Waals surface area contributed by atoms with Crippen LogP contribution in [-0.2, 0) is 4.79 Å². The van der Waals surface area contributed by atoms with Gasteiger partial charge in [0.15, 0.2) is 0 Å². The SMILES string of the molecule is O=C(O)CN=C(c1cc(Br)c(O)c(Br)c1)c1ccc2cc3ccccc3cc2c1. The number of aliphatic imine (C=N–C) groups is 1. The van der Waals surface area contributed by atoms with E-state index in [2.05, 4.69) is 61.1 Å². The van der Waals surface area contributed by atoms with Gasteiger partial charge in [-0.15, -0.1) is 0 Å².